The van der Waals surface area contributed by atoms with Crippen LogP contribution in [-0.2, 0) is 9.53 Å². The number of carbonyl (C=O) groups excluding carboxylic acids is 1. The van der Waals surface area contributed by atoms with E-state index < -0.39 is 0 Å². The van der Waals surface area contributed by atoms with Gasteiger partial charge in [0.2, 0.25) is 5.91 Å². The number of fused-ring (bicyclic) bond motifs is 1. The third kappa shape index (κ3) is 2.93. The summed E-state index contributed by atoms with van der Waals surface area (Å²) in [5, 5.41) is 7.10. The standard InChI is InChI=1S/C17H30N4O2/c1-5-13(22)21-8-6-11(10-21)19-16(18-4)20-14-12-7-9-23-15(12)17(14,2)3/h11-12,14-15H,5-10H2,1-4H3,(H2,18,19,20). The molecule has 3 fully saturated rings. The fraction of sp³-hybridized carbons (Fsp3) is 0.882. The summed E-state index contributed by atoms with van der Waals surface area (Å²) >= 11 is 0. The zero-order chi connectivity index (χ0) is 16.6. The Morgan fingerprint density at radius 3 is 2.83 bits per heavy atom. The SMILES string of the molecule is CCC(=O)N1CCC(NC(=NC)NC2C3CCOC3C2(C)C)C1. The van der Waals surface area contributed by atoms with Gasteiger partial charge in [0.25, 0.3) is 0 Å². The van der Waals surface area contributed by atoms with Crippen LogP contribution in [0.1, 0.15) is 40.0 Å². The number of guanidine groups is 1. The van der Waals surface area contributed by atoms with Gasteiger partial charge in [0.05, 0.1) is 6.10 Å². The minimum absolute atomic E-state index is 0.138. The third-order valence-electron chi connectivity index (χ3n) is 5.80. The summed E-state index contributed by atoms with van der Waals surface area (Å²) in [5.41, 5.74) is 0.138. The fourth-order valence-electron chi connectivity index (χ4n) is 4.46. The Labute approximate surface area is 139 Å². The van der Waals surface area contributed by atoms with Gasteiger partial charge in [-0.15, -0.1) is 0 Å². The number of rotatable bonds is 3. The van der Waals surface area contributed by atoms with Crippen LogP contribution in [0.2, 0.25) is 0 Å². The van der Waals surface area contributed by atoms with Crippen LogP contribution in [-0.4, -0.2) is 61.7 Å². The van der Waals surface area contributed by atoms with E-state index >= 15 is 0 Å². The van der Waals surface area contributed by atoms with Gasteiger partial charge in [0, 0.05) is 56.6 Å². The molecule has 2 saturated heterocycles. The molecule has 2 aliphatic heterocycles. The van der Waals surface area contributed by atoms with Crippen LogP contribution in [0, 0.1) is 11.3 Å². The first-order valence-electron chi connectivity index (χ1n) is 8.86. The molecule has 0 spiro atoms. The van der Waals surface area contributed by atoms with E-state index in [0.717, 1.165) is 38.5 Å². The average molecular weight is 322 g/mol. The van der Waals surface area contributed by atoms with Crippen molar-refractivity contribution in [2.45, 2.75) is 58.2 Å². The number of likely N-dealkylation sites (tertiary alicyclic amines) is 1. The molecule has 3 rings (SSSR count). The Morgan fingerprint density at radius 1 is 1.35 bits per heavy atom. The first-order valence-corrected chi connectivity index (χ1v) is 8.86. The van der Waals surface area contributed by atoms with Crippen LogP contribution in [0.4, 0.5) is 0 Å². The van der Waals surface area contributed by atoms with Crippen LogP contribution in [0.25, 0.3) is 0 Å². The second-order valence-electron chi connectivity index (χ2n) is 7.58. The van der Waals surface area contributed by atoms with Gasteiger partial charge < -0.3 is 20.3 Å². The second kappa shape index (κ2) is 6.30. The lowest BCUT2D eigenvalue weighted by molar-refractivity contribution is -0.129. The molecular weight excluding hydrogens is 292 g/mol. The maximum atomic E-state index is 11.8. The van der Waals surface area contributed by atoms with E-state index in [0.29, 0.717) is 24.5 Å². The van der Waals surface area contributed by atoms with E-state index in [1.54, 1.807) is 0 Å². The molecular formula is C17H30N4O2. The molecule has 2 N–H and O–H groups in total. The van der Waals surface area contributed by atoms with E-state index in [1.165, 1.54) is 0 Å². The number of carbonyl (C=O) groups is 1. The zero-order valence-corrected chi connectivity index (χ0v) is 14.8. The minimum atomic E-state index is 0.138. The van der Waals surface area contributed by atoms with E-state index in [4.69, 9.17) is 4.74 Å². The van der Waals surface area contributed by atoms with Crippen molar-refractivity contribution in [1.82, 2.24) is 15.5 Å². The summed E-state index contributed by atoms with van der Waals surface area (Å²) in [6.45, 7) is 8.94. The molecule has 4 unspecified atom stereocenters. The van der Waals surface area contributed by atoms with Crippen LogP contribution in [0.15, 0.2) is 4.99 Å². The highest BCUT2D eigenvalue weighted by Crippen LogP contribution is 2.52. The van der Waals surface area contributed by atoms with Crippen molar-refractivity contribution >= 4 is 11.9 Å². The molecule has 6 heteroatoms. The smallest absolute Gasteiger partial charge is 0.222 e. The van der Waals surface area contributed by atoms with Crippen molar-refractivity contribution in [3.63, 3.8) is 0 Å². The number of nitrogens with zero attached hydrogens (tertiary/aromatic N) is 2. The Bertz CT molecular complexity index is 491. The molecule has 0 aromatic carbocycles. The Hall–Kier alpha value is -1.30. The quantitative estimate of drug-likeness (QED) is 0.600. The predicted molar refractivity (Wildman–Crippen MR) is 90.3 cm³/mol. The van der Waals surface area contributed by atoms with Gasteiger partial charge >= 0.3 is 0 Å². The van der Waals surface area contributed by atoms with Crippen molar-refractivity contribution < 1.29 is 9.53 Å². The monoisotopic (exact) mass is 322 g/mol. The van der Waals surface area contributed by atoms with Crippen LogP contribution < -0.4 is 10.6 Å². The number of hydrogen-bond donors (Lipinski definition) is 2. The zero-order valence-electron chi connectivity index (χ0n) is 14.8. The van der Waals surface area contributed by atoms with Crippen molar-refractivity contribution in [3.8, 4) is 0 Å². The molecule has 0 aromatic rings. The molecule has 4 atom stereocenters. The van der Waals surface area contributed by atoms with Gasteiger partial charge in [0.15, 0.2) is 5.96 Å². The second-order valence-corrected chi connectivity index (χ2v) is 7.58. The maximum absolute atomic E-state index is 11.8. The molecule has 3 aliphatic rings. The highest BCUT2D eigenvalue weighted by Gasteiger charge is 2.59. The predicted octanol–water partition coefficient (Wildman–Crippen LogP) is 0.976. The molecule has 6 nitrogen and oxygen atoms in total. The molecule has 1 amide bonds. The molecule has 1 saturated carbocycles. The molecule has 23 heavy (non-hydrogen) atoms. The Balaban J connectivity index is 1.54. The van der Waals surface area contributed by atoms with Crippen LogP contribution in [0.3, 0.4) is 0 Å². The molecule has 1 aliphatic carbocycles. The summed E-state index contributed by atoms with van der Waals surface area (Å²) in [6, 6.07) is 0.687. The average Bonchev–Trinajstić information content (AvgIpc) is 3.18. The largest absolute Gasteiger partial charge is 0.377 e. The number of aliphatic imine (C=N–C) groups is 1. The number of hydrogen-bond acceptors (Lipinski definition) is 3. The normalized spacial score (nSPS) is 35.7. The highest BCUT2D eigenvalue weighted by atomic mass is 16.5. The van der Waals surface area contributed by atoms with Gasteiger partial charge in [-0.3, -0.25) is 9.79 Å². The summed E-state index contributed by atoms with van der Waals surface area (Å²) in [4.78, 5) is 18.1. The topological polar surface area (TPSA) is 66.0 Å². The lowest BCUT2D eigenvalue weighted by Gasteiger charge is -2.55. The molecule has 0 bridgehead atoms. The fourth-order valence-corrected chi connectivity index (χ4v) is 4.46. The minimum Gasteiger partial charge on any atom is -0.377 e. The van der Waals surface area contributed by atoms with Crippen LogP contribution in [0.5, 0.6) is 0 Å². The first kappa shape index (κ1) is 16.6. The summed E-state index contributed by atoms with van der Waals surface area (Å²) in [7, 11) is 1.81. The number of amides is 1. The molecule has 2 heterocycles. The van der Waals surface area contributed by atoms with Gasteiger partial charge in [-0.2, -0.15) is 0 Å². The number of ether oxygens (including phenoxy) is 1. The lowest BCUT2D eigenvalue weighted by atomic mass is 9.57. The van der Waals surface area contributed by atoms with Gasteiger partial charge in [-0.1, -0.05) is 20.8 Å². The molecule has 0 aromatic heterocycles. The van der Waals surface area contributed by atoms with E-state index in [1.807, 2.05) is 18.9 Å². The Morgan fingerprint density at radius 2 is 2.13 bits per heavy atom. The summed E-state index contributed by atoms with van der Waals surface area (Å²) < 4.78 is 5.85. The van der Waals surface area contributed by atoms with Crippen LogP contribution >= 0.6 is 0 Å². The molecule has 0 radical (unpaired) electrons. The molecule has 130 valence electrons. The summed E-state index contributed by atoms with van der Waals surface area (Å²) in [5.74, 6) is 1.68. The number of nitrogens with one attached hydrogen (secondary N) is 2. The maximum Gasteiger partial charge on any atom is 0.222 e. The van der Waals surface area contributed by atoms with E-state index in [-0.39, 0.29) is 17.4 Å². The van der Waals surface area contributed by atoms with Crippen molar-refractivity contribution in [3.05, 3.63) is 0 Å². The lowest BCUT2D eigenvalue weighted by Crippen LogP contribution is -2.68. The first-order chi connectivity index (χ1) is 11.0. The van der Waals surface area contributed by atoms with Crippen molar-refractivity contribution in [1.29, 1.82) is 0 Å². The van der Waals surface area contributed by atoms with Gasteiger partial charge in [0.1, 0.15) is 0 Å². The van der Waals surface area contributed by atoms with E-state index in [2.05, 4.69) is 29.5 Å². The van der Waals surface area contributed by atoms with Gasteiger partial charge in [-0.25, -0.2) is 0 Å². The summed E-state index contributed by atoms with van der Waals surface area (Å²) in [6.07, 6.45) is 3.07. The Kier molecular flexibility index (Phi) is 4.54. The third-order valence-corrected chi connectivity index (χ3v) is 5.80. The van der Waals surface area contributed by atoms with Crippen molar-refractivity contribution in [2.75, 3.05) is 26.7 Å². The van der Waals surface area contributed by atoms with E-state index in [9.17, 15) is 4.79 Å². The van der Waals surface area contributed by atoms with Gasteiger partial charge in [-0.05, 0) is 12.8 Å². The van der Waals surface area contributed by atoms with Crippen molar-refractivity contribution in [2.24, 2.45) is 16.3 Å². The highest BCUT2D eigenvalue weighted by molar-refractivity contribution is 5.81.